The van der Waals surface area contributed by atoms with E-state index in [9.17, 15) is 0 Å². The fraction of sp³-hybridized carbons (Fsp3) is 0.423. The van der Waals surface area contributed by atoms with Gasteiger partial charge in [-0.3, -0.25) is 4.90 Å². The Hall–Kier alpha value is -2.75. The Bertz CT molecular complexity index is 1080. The predicted octanol–water partition coefficient (Wildman–Crippen LogP) is 5.71. The molecule has 5 aliphatic rings. The second kappa shape index (κ2) is 5.90. The molecular weight excluding hydrogens is 368 g/mol. The van der Waals surface area contributed by atoms with E-state index in [1.54, 1.807) is 6.33 Å². The van der Waals surface area contributed by atoms with Gasteiger partial charge < -0.3 is 0 Å². The molecule has 0 atom stereocenters. The number of fused-ring (bicyclic) bond motifs is 2. The van der Waals surface area contributed by atoms with Crippen molar-refractivity contribution in [3.63, 3.8) is 0 Å². The molecule has 0 N–H and O–H groups in total. The normalized spacial score (nSPS) is 29.7. The Morgan fingerprint density at radius 1 is 0.767 bits per heavy atom. The van der Waals surface area contributed by atoms with Crippen molar-refractivity contribution in [2.24, 2.45) is 23.7 Å². The van der Waals surface area contributed by atoms with Crippen LogP contribution in [0.5, 0.6) is 0 Å². The largest absolute Gasteiger partial charge is 0.278 e. The summed E-state index contributed by atoms with van der Waals surface area (Å²) in [6.45, 7) is 1.94. The second-order valence-electron chi connectivity index (χ2n) is 9.88. The van der Waals surface area contributed by atoms with Crippen molar-refractivity contribution in [3.8, 4) is 0 Å². The molecule has 0 saturated heterocycles. The third kappa shape index (κ3) is 2.04. The first-order chi connectivity index (χ1) is 14.7. The number of aromatic nitrogens is 3. The molecule has 0 unspecified atom stereocenters. The van der Waals surface area contributed by atoms with Crippen molar-refractivity contribution in [2.45, 2.75) is 44.4 Å². The number of hydrogen-bond donors (Lipinski definition) is 0. The van der Waals surface area contributed by atoms with E-state index < -0.39 is 0 Å². The van der Waals surface area contributed by atoms with Crippen molar-refractivity contribution >= 4 is 17.3 Å². The van der Waals surface area contributed by atoms with Gasteiger partial charge >= 0.3 is 0 Å². The summed E-state index contributed by atoms with van der Waals surface area (Å²) in [7, 11) is 0. The van der Waals surface area contributed by atoms with Crippen LogP contribution < -0.4 is 4.90 Å². The molecule has 30 heavy (non-hydrogen) atoms. The molecule has 4 nitrogen and oxygen atoms in total. The smallest absolute Gasteiger partial charge is 0.237 e. The summed E-state index contributed by atoms with van der Waals surface area (Å²) < 4.78 is 0. The van der Waals surface area contributed by atoms with E-state index in [2.05, 4.69) is 63.4 Å². The molecule has 4 bridgehead atoms. The van der Waals surface area contributed by atoms with Gasteiger partial charge in [0.15, 0.2) is 0 Å². The first-order valence-corrected chi connectivity index (χ1v) is 11.4. The molecule has 4 fully saturated rings. The van der Waals surface area contributed by atoms with Gasteiger partial charge in [-0.15, -0.1) is 0 Å². The summed E-state index contributed by atoms with van der Waals surface area (Å²) in [6, 6.07) is 18.1. The topological polar surface area (TPSA) is 41.9 Å². The molecule has 1 aliphatic heterocycles. The summed E-state index contributed by atoms with van der Waals surface area (Å²) in [5.41, 5.74) is 5.65. The number of anilines is 3. The highest BCUT2D eigenvalue weighted by molar-refractivity contribution is 5.84. The first-order valence-electron chi connectivity index (χ1n) is 11.4. The third-order valence-electron chi connectivity index (χ3n) is 8.49. The summed E-state index contributed by atoms with van der Waals surface area (Å²) in [5, 5.41) is 0. The maximum Gasteiger partial charge on any atom is 0.237 e. The standard InChI is InChI=1S/C26H26N4/c1-16-27-15-28-25(29-16)30-23-8-4-2-6-21(23)26(22-7-3-5-9-24(22)30)19-11-17-10-18(13-19)14-20(26)12-17/h2-9,15,17-20H,10-14H2,1H3. The second-order valence-corrected chi connectivity index (χ2v) is 9.88. The Morgan fingerprint density at radius 3 is 1.90 bits per heavy atom. The number of para-hydroxylation sites is 2. The minimum Gasteiger partial charge on any atom is -0.278 e. The Morgan fingerprint density at radius 2 is 1.33 bits per heavy atom. The summed E-state index contributed by atoms with van der Waals surface area (Å²) >= 11 is 0. The molecule has 4 saturated carbocycles. The number of hydrogen-bond acceptors (Lipinski definition) is 4. The van der Waals surface area contributed by atoms with Crippen LogP contribution in [0.1, 0.15) is 49.1 Å². The number of benzene rings is 2. The zero-order chi connectivity index (χ0) is 19.9. The van der Waals surface area contributed by atoms with Gasteiger partial charge in [0, 0.05) is 5.41 Å². The lowest BCUT2D eigenvalue weighted by atomic mass is 9.41. The van der Waals surface area contributed by atoms with E-state index in [-0.39, 0.29) is 5.41 Å². The molecule has 8 rings (SSSR count). The lowest BCUT2D eigenvalue weighted by Gasteiger charge is -2.64. The average molecular weight is 395 g/mol. The maximum atomic E-state index is 4.72. The third-order valence-corrected chi connectivity index (χ3v) is 8.49. The van der Waals surface area contributed by atoms with Crippen molar-refractivity contribution in [1.29, 1.82) is 0 Å². The molecule has 4 heteroatoms. The van der Waals surface area contributed by atoms with Gasteiger partial charge in [-0.25, -0.2) is 9.97 Å². The minimum atomic E-state index is 0.138. The molecule has 2 aromatic carbocycles. The predicted molar refractivity (Wildman–Crippen MR) is 117 cm³/mol. The van der Waals surface area contributed by atoms with Crippen molar-refractivity contribution < 1.29 is 0 Å². The van der Waals surface area contributed by atoms with Gasteiger partial charge in [-0.2, -0.15) is 4.98 Å². The van der Waals surface area contributed by atoms with Crippen molar-refractivity contribution in [3.05, 3.63) is 71.8 Å². The van der Waals surface area contributed by atoms with Crippen LogP contribution >= 0.6 is 0 Å². The van der Waals surface area contributed by atoms with Crippen LogP contribution in [0.4, 0.5) is 17.3 Å². The molecule has 0 amide bonds. The average Bonchev–Trinajstić information content (AvgIpc) is 2.76. The Kier molecular flexibility index (Phi) is 3.34. The summed E-state index contributed by atoms with van der Waals surface area (Å²) in [4.78, 5) is 15.8. The Balaban J connectivity index is 1.53. The molecular formula is C26H26N4. The fourth-order valence-corrected chi connectivity index (χ4v) is 7.81. The monoisotopic (exact) mass is 394 g/mol. The SMILES string of the molecule is Cc1ncnc(N2c3ccccc3C3(c4ccccc42)C2CC4CC(C2)CC3C4)n1. The number of nitrogens with zero attached hydrogens (tertiary/aromatic N) is 4. The van der Waals surface area contributed by atoms with Crippen LogP contribution in [0.25, 0.3) is 0 Å². The number of aryl methyl sites for hydroxylation is 1. The van der Waals surface area contributed by atoms with Crippen LogP contribution in [-0.4, -0.2) is 15.0 Å². The molecule has 1 spiro atoms. The lowest BCUT2D eigenvalue weighted by molar-refractivity contribution is -0.0419. The van der Waals surface area contributed by atoms with Gasteiger partial charge in [-0.1, -0.05) is 36.4 Å². The highest BCUT2D eigenvalue weighted by Crippen LogP contribution is 2.69. The van der Waals surface area contributed by atoms with E-state index in [0.717, 1.165) is 35.4 Å². The Labute approximate surface area is 177 Å². The van der Waals surface area contributed by atoms with Gasteiger partial charge in [0.05, 0.1) is 11.4 Å². The van der Waals surface area contributed by atoms with Crippen LogP contribution in [0.2, 0.25) is 0 Å². The highest BCUT2D eigenvalue weighted by atomic mass is 15.3. The van der Waals surface area contributed by atoms with E-state index in [1.807, 2.05) is 6.92 Å². The molecule has 2 heterocycles. The first kappa shape index (κ1) is 17.0. The van der Waals surface area contributed by atoms with Crippen LogP contribution in [0, 0.1) is 30.6 Å². The highest BCUT2D eigenvalue weighted by Gasteiger charge is 2.61. The zero-order valence-corrected chi connectivity index (χ0v) is 17.3. The quantitative estimate of drug-likeness (QED) is 0.530. The summed E-state index contributed by atoms with van der Waals surface area (Å²) in [6.07, 6.45) is 8.67. The van der Waals surface area contributed by atoms with Crippen LogP contribution in [-0.2, 0) is 5.41 Å². The fourth-order valence-electron chi connectivity index (χ4n) is 7.81. The van der Waals surface area contributed by atoms with Crippen molar-refractivity contribution in [2.75, 3.05) is 4.90 Å². The molecule has 3 aromatic rings. The van der Waals surface area contributed by atoms with Gasteiger partial charge in [0.25, 0.3) is 0 Å². The molecule has 0 radical (unpaired) electrons. The van der Waals surface area contributed by atoms with E-state index in [1.165, 1.54) is 54.6 Å². The minimum absolute atomic E-state index is 0.138. The van der Waals surface area contributed by atoms with Crippen LogP contribution in [0.15, 0.2) is 54.9 Å². The van der Waals surface area contributed by atoms with Crippen LogP contribution in [0.3, 0.4) is 0 Å². The molecule has 1 aromatic heterocycles. The van der Waals surface area contributed by atoms with Gasteiger partial charge in [-0.05, 0) is 86.0 Å². The van der Waals surface area contributed by atoms with E-state index >= 15 is 0 Å². The molecule has 4 aliphatic carbocycles. The zero-order valence-electron chi connectivity index (χ0n) is 17.3. The van der Waals surface area contributed by atoms with E-state index in [4.69, 9.17) is 4.98 Å². The maximum absolute atomic E-state index is 4.72. The van der Waals surface area contributed by atoms with Crippen molar-refractivity contribution in [1.82, 2.24) is 15.0 Å². The van der Waals surface area contributed by atoms with E-state index in [0.29, 0.717) is 0 Å². The summed E-state index contributed by atoms with van der Waals surface area (Å²) in [5.74, 6) is 4.87. The van der Waals surface area contributed by atoms with Gasteiger partial charge in [0.2, 0.25) is 5.95 Å². The lowest BCUT2D eigenvalue weighted by Crippen LogP contribution is -2.57. The number of rotatable bonds is 1. The molecule has 150 valence electrons. The van der Waals surface area contributed by atoms with Gasteiger partial charge in [0.1, 0.15) is 12.2 Å².